The van der Waals surface area contributed by atoms with Gasteiger partial charge in [0.1, 0.15) is 36.2 Å². The molecule has 4 aliphatic rings. The van der Waals surface area contributed by atoms with Crippen molar-refractivity contribution in [2.75, 3.05) is 27.9 Å². The van der Waals surface area contributed by atoms with Gasteiger partial charge in [0.2, 0.25) is 5.79 Å². The standard InChI is InChI=1S/C58H84N2O16S/c1-35-19-13-11-14-20-36(2)48(71-8)33-43-26-24-41(7)58(68,76-43)54(64)55(65)60-28-18-17-23-45(60)56(66)74-49(34-46(61)37(3)30-40(6)52(63)53(73-10)51(62)39(5)29-35)38(4)31-42-25-27-47(50(32-42)72-9)75-57(67)59-77(69,70)44-21-15-12-16-22-44/h11-16,19-22,30,35,37-39,41-43,45,47-50,52-53,63,68H,17-18,23-29,31-34H2,1-10H3,(H,59,67)/b14-11+,19-13-,36-20+,40-30+/t35-,37-,38-,39-,41-,42?,43+,45+,47-,48+,49+,50-,52-,53+,58-/m1/s1. The van der Waals surface area contributed by atoms with Gasteiger partial charge >= 0.3 is 12.1 Å². The molecule has 2 saturated heterocycles. The van der Waals surface area contributed by atoms with Gasteiger partial charge in [-0.2, -0.15) is 0 Å². The van der Waals surface area contributed by atoms with Crippen LogP contribution in [0.3, 0.4) is 0 Å². The van der Waals surface area contributed by atoms with Crippen LogP contribution in [0.5, 0.6) is 0 Å². The molecule has 3 heterocycles. The van der Waals surface area contributed by atoms with E-state index in [0.717, 1.165) is 10.5 Å². The Morgan fingerprint density at radius 2 is 1.57 bits per heavy atom. The zero-order valence-corrected chi connectivity index (χ0v) is 47.4. The molecular formula is C58H84N2O16S. The van der Waals surface area contributed by atoms with Crippen LogP contribution in [0.2, 0.25) is 0 Å². The molecule has 428 valence electrons. The van der Waals surface area contributed by atoms with Crippen molar-refractivity contribution in [2.24, 2.45) is 35.5 Å². The number of allylic oxidation sites excluding steroid dienone is 6. The first-order chi connectivity index (χ1) is 36.4. The fourth-order valence-corrected chi connectivity index (χ4v) is 12.1. The minimum absolute atomic E-state index is 0.0167. The molecule has 3 N–H and O–H groups in total. The lowest BCUT2D eigenvalue weighted by atomic mass is 9.78. The molecule has 2 bridgehead atoms. The van der Waals surface area contributed by atoms with E-state index in [2.05, 4.69) is 0 Å². The summed E-state index contributed by atoms with van der Waals surface area (Å²) in [4.78, 5) is 85.4. The average Bonchev–Trinajstić information content (AvgIpc) is 3.42. The largest absolute Gasteiger partial charge is 0.460 e. The molecule has 1 aromatic rings. The third-order valence-electron chi connectivity index (χ3n) is 16.0. The minimum atomic E-state index is -4.20. The summed E-state index contributed by atoms with van der Waals surface area (Å²) < 4.78 is 62.9. The van der Waals surface area contributed by atoms with E-state index in [1.54, 1.807) is 46.9 Å². The zero-order chi connectivity index (χ0) is 56.8. The van der Waals surface area contributed by atoms with Gasteiger partial charge < -0.3 is 43.5 Å². The third-order valence-corrected chi connectivity index (χ3v) is 17.3. The number of ketones is 3. The number of aliphatic hydroxyl groups is 2. The summed E-state index contributed by atoms with van der Waals surface area (Å²) in [5.74, 6) is -8.88. The highest BCUT2D eigenvalue weighted by Crippen LogP contribution is 2.38. The first kappa shape index (κ1) is 62.9. The maximum Gasteiger partial charge on any atom is 0.421 e. The number of sulfonamides is 1. The molecule has 19 heteroatoms. The number of benzene rings is 1. The van der Waals surface area contributed by atoms with Crippen molar-refractivity contribution in [1.29, 1.82) is 0 Å². The number of piperidine rings is 1. The number of nitrogens with one attached hydrogen (secondary N) is 1. The number of esters is 1. The van der Waals surface area contributed by atoms with Crippen LogP contribution < -0.4 is 4.72 Å². The number of fused-ring (bicyclic) bond motifs is 3. The Bertz CT molecular complexity index is 2440. The molecule has 15 atom stereocenters. The van der Waals surface area contributed by atoms with Gasteiger partial charge in [-0.15, -0.1) is 0 Å². The molecule has 1 aliphatic carbocycles. The topological polar surface area (TPSA) is 248 Å². The maximum absolute atomic E-state index is 14.6. The summed E-state index contributed by atoms with van der Waals surface area (Å²) in [6.45, 7) is 12.5. The fraction of sp³-hybridized carbons (Fsp3) is 0.655. The smallest absolute Gasteiger partial charge is 0.421 e. The number of carbonyl (C=O) groups is 6. The molecule has 18 nitrogen and oxygen atoms in total. The molecule has 77 heavy (non-hydrogen) atoms. The van der Waals surface area contributed by atoms with E-state index in [1.807, 2.05) is 55.9 Å². The van der Waals surface area contributed by atoms with E-state index in [1.165, 1.54) is 38.5 Å². The number of nitrogens with zero attached hydrogens (tertiary/aromatic N) is 1. The lowest BCUT2D eigenvalue weighted by molar-refractivity contribution is -0.265. The summed E-state index contributed by atoms with van der Waals surface area (Å²) in [6, 6.07) is 6.19. The quantitative estimate of drug-likeness (QED) is 0.125. The maximum atomic E-state index is 14.6. The molecule has 3 fully saturated rings. The van der Waals surface area contributed by atoms with Crippen LogP contribution in [-0.4, -0.2) is 141 Å². The highest BCUT2D eigenvalue weighted by molar-refractivity contribution is 7.90. The number of ether oxygens (including phenoxy) is 6. The molecule has 1 aromatic carbocycles. The van der Waals surface area contributed by atoms with Crippen molar-refractivity contribution in [1.82, 2.24) is 9.62 Å². The van der Waals surface area contributed by atoms with Crippen LogP contribution in [0.1, 0.15) is 126 Å². The Hall–Kier alpha value is -4.89. The van der Waals surface area contributed by atoms with Gasteiger partial charge in [-0.3, -0.25) is 19.2 Å². The van der Waals surface area contributed by atoms with Crippen LogP contribution in [0.15, 0.2) is 82.8 Å². The summed E-state index contributed by atoms with van der Waals surface area (Å²) in [5.41, 5.74) is 1.19. The normalized spacial score (nSPS) is 36.0. The number of aliphatic hydroxyl groups excluding tert-OH is 1. The highest BCUT2D eigenvalue weighted by atomic mass is 32.2. The zero-order valence-electron chi connectivity index (χ0n) is 46.6. The third kappa shape index (κ3) is 16.8. The van der Waals surface area contributed by atoms with Gasteiger partial charge in [0.25, 0.3) is 21.7 Å². The average molecular weight is 1100 g/mol. The summed E-state index contributed by atoms with van der Waals surface area (Å²) >= 11 is 0. The Kier molecular flexibility index (Phi) is 23.6. The second-order valence-electron chi connectivity index (χ2n) is 21.9. The van der Waals surface area contributed by atoms with Gasteiger partial charge in [-0.1, -0.05) is 89.3 Å². The molecule has 5 rings (SSSR count). The second-order valence-corrected chi connectivity index (χ2v) is 23.6. The number of amides is 2. The highest BCUT2D eigenvalue weighted by Gasteiger charge is 2.53. The Morgan fingerprint density at radius 1 is 0.857 bits per heavy atom. The lowest BCUT2D eigenvalue weighted by Crippen LogP contribution is -2.61. The molecule has 0 aromatic heterocycles. The first-order valence-electron chi connectivity index (χ1n) is 27.2. The van der Waals surface area contributed by atoms with Crippen molar-refractivity contribution in [3.8, 4) is 0 Å². The molecule has 0 spiro atoms. The van der Waals surface area contributed by atoms with E-state index in [9.17, 15) is 47.4 Å². The minimum Gasteiger partial charge on any atom is -0.460 e. The van der Waals surface area contributed by atoms with E-state index < -0.39 is 112 Å². The number of Topliss-reactive ketones (excluding diaryl/α,β-unsaturated/α-hetero) is 3. The van der Waals surface area contributed by atoms with Crippen molar-refractivity contribution in [3.63, 3.8) is 0 Å². The Morgan fingerprint density at radius 3 is 2.25 bits per heavy atom. The number of methoxy groups -OCH3 is 3. The van der Waals surface area contributed by atoms with Gasteiger partial charge in [0, 0.05) is 58.5 Å². The summed E-state index contributed by atoms with van der Waals surface area (Å²) in [5, 5.41) is 23.6. The first-order valence-corrected chi connectivity index (χ1v) is 28.7. The van der Waals surface area contributed by atoms with E-state index in [4.69, 9.17) is 28.4 Å². The van der Waals surface area contributed by atoms with Gasteiger partial charge in [-0.25, -0.2) is 22.7 Å². The number of carbonyl (C=O) groups excluding carboxylic acids is 6. The SMILES string of the molecule is CO[C@H]1C[C@@H]2CC[C@@H](C)[C@@](O)(O2)C(=O)C(=O)N2CCCC[C@H]2C(=O)O[C@H]([C@H](C)CC2CC[C@@H](OC(=O)NS(=O)(=O)c3ccccc3)[C@H](OC)C2)CC(=O)[C@H](C)/C=C(\C)[C@@H](O)[C@@H](OC)C(=O)[C@H](C)C[C@H](C)\C=C/C=C/C=C/1C. The van der Waals surface area contributed by atoms with Crippen molar-refractivity contribution in [3.05, 3.63) is 77.9 Å². The van der Waals surface area contributed by atoms with Gasteiger partial charge in [0.15, 0.2) is 5.78 Å². The van der Waals surface area contributed by atoms with Crippen LogP contribution in [-0.2, 0) is 62.4 Å². The van der Waals surface area contributed by atoms with Crippen LogP contribution >= 0.6 is 0 Å². The van der Waals surface area contributed by atoms with E-state index >= 15 is 0 Å². The monoisotopic (exact) mass is 1100 g/mol. The van der Waals surface area contributed by atoms with Gasteiger partial charge in [-0.05, 0) is 119 Å². The van der Waals surface area contributed by atoms with Crippen LogP contribution in [0, 0.1) is 35.5 Å². The molecule has 2 amide bonds. The van der Waals surface area contributed by atoms with Crippen molar-refractivity contribution in [2.45, 2.75) is 185 Å². The molecule has 1 saturated carbocycles. The predicted octanol–water partition coefficient (Wildman–Crippen LogP) is 7.30. The molecular weight excluding hydrogens is 1010 g/mol. The fourth-order valence-electron chi connectivity index (χ4n) is 11.2. The lowest BCUT2D eigenvalue weighted by Gasteiger charge is -2.42. The number of hydrogen-bond donors (Lipinski definition) is 3. The number of cyclic esters (lactones) is 1. The van der Waals surface area contributed by atoms with E-state index in [-0.39, 0.29) is 54.1 Å². The summed E-state index contributed by atoms with van der Waals surface area (Å²) in [6.07, 6.45) is 7.84. The van der Waals surface area contributed by atoms with E-state index in [0.29, 0.717) is 63.4 Å². The van der Waals surface area contributed by atoms with Crippen LogP contribution in [0.25, 0.3) is 0 Å². The van der Waals surface area contributed by atoms with Crippen LogP contribution in [0.4, 0.5) is 4.79 Å². The Labute approximate surface area is 455 Å². The number of rotatable bonds is 9. The number of hydrogen-bond acceptors (Lipinski definition) is 16. The predicted molar refractivity (Wildman–Crippen MR) is 286 cm³/mol. The summed E-state index contributed by atoms with van der Waals surface area (Å²) in [7, 11) is 0.174. The van der Waals surface area contributed by atoms with Crippen molar-refractivity contribution >= 4 is 45.3 Å². The molecule has 3 aliphatic heterocycles. The molecule has 0 radical (unpaired) electrons. The Balaban J connectivity index is 1.43. The van der Waals surface area contributed by atoms with Gasteiger partial charge in [0.05, 0.1) is 23.2 Å². The van der Waals surface area contributed by atoms with Crippen molar-refractivity contribution < 1.29 is 75.8 Å². The molecule has 1 unspecified atom stereocenters. The second kappa shape index (κ2) is 28.8.